The highest BCUT2D eigenvalue weighted by atomic mass is 16.5. The second-order valence-corrected chi connectivity index (χ2v) is 6.70. The zero-order chi connectivity index (χ0) is 16.9. The van der Waals surface area contributed by atoms with E-state index in [-0.39, 0.29) is 0 Å². The fraction of sp³-hybridized carbons (Fsp3) is 0.556. The Morgan fingerprint density at radius 1 is 1.04 bits per heavy atom. The van der Waals surface area contributed by atoms with Crippen molar-refractivity contribution in [3.8, 4) is 17.2 Å². The quantitative estimate of drug-likeness (QED) is 0.811. The van der Waals surface area contributed by atoms with Gasteiger partial charge < -0.3 is 14.1 Å². The van der Waals surface area contributed by atoms with Gasteiger partial charge in [-0.2, -0.15) is 0 Å². The van der Waals surface area contributed by atoms with Crippen LogP contribution in [0.5, 0.6) is 5.75 Å². The first-order valence-electron chi connectivity index (χ1n) is 8.55. The van der Waals surface area contributed by atoms with Crippen LogP contribution >= 0.6 is 0 Å². The Kier molecular flexibility index (Phi) is 5.48. The third-order valence-corrected chi connectivity index (χ3v) is 4.25. The highest BCUT2D eigenvalue weighted by Gasteiger charge is 2.19. The van der Waals surface area contributed by atoms with Crippen molar-refractivity contribution in [1.29, 1.82) is 0 Å². The third-order valence-electron chi connectivity index (χ3n) is 4.25. The topological polar surface area (TPSA) is 54.6 Å². The van der Waals surface area contributed by atoms with Gasteiger partial charge in [0, 0.05) is 38.3 Å². The zero-order valence-corrected chi connectivity index (χ0v) is 14.7. The Labute approximate surface area is 143 Å². The summed E-state index contributed by atoms with van der Waals surface area (Å²) in [6.45, 7) is 10.8. The maximum Gasteiger partial charge on any atom is 0.247 e. The molecule has 0 unspecified atom stereocenters. The molecule has 2 aromatic rings. The van der Waals surface area contributed by atoms with Crippen molar-refractivity contribution in [1.82, 2.24) is 20.0 Å². The standard InChI is InChI=1S/C18H26N4O2/c1-14(2)12-21-8-10-22(11-9-21)13-17-19-20-18(24-17)15-4-6-16(23-3)7-5-15/h4-7,14H,8-13H2,1-3H3. The van der Waals surface area contributed by atoms with Gasteiger partial charge in [-0.25, -0.2) is 0 Å². The Balaban J connectivity index is 1.54. The van der Waals surface area contributed by atoms with Crippen LogP contribution in [-0.2, 0) is 6.54 Å². The van der Waals surface area contributed by atoms with Crippen LogP contribution in [0.1, 0.15) is 19.7 Å². The molecule has 3 rings (SSSR count). The molecule has 1 aromatic heterocycles. The Morgan fingerprint density at radius 2 is 1.71 bits per heavy atom. The van der Waals surface area contributed by atoms with E-state index in [1.54, 1.807) is 7.11 Å². The van der Waals surface area contributed by atoms with E-state index in [1.165, 1.54) is 6.54 Å². The van der Waals surface area contributed by atoms with Gasteiger partial charge in [0.05, 0.1) is 13.7 Å². The lowest BCUT2D eigenvalue weighted by Crippen LogP contribution is -2.46. The number of nitrogens with zero attached hydrogens (tertiary/aromatic N) is 4. The highest BCUT2D eigenvalue weighted by Crippen LogP contribution is 2.21. The predicted octanol–water partition coefficient (Wildman–Crippen LogP) is 2.52. The smallest absolute Gasteiger partial charge is 0.247 e. The summed E-state index contributed by atoms with van der Waals surface area (Å²) in [5, 5.41) is 8.36. The van der Waals surface area contributed by atoms with E-state index >= 15 is 0 Å². The normalized spacial score (nSPS) is 16.7. The molecule has 2 heterocycles. The molecule has 0 spiro atoms. The number of methoxy groups -OCH3 is 1. The maximum atomic E-state index is 5.82. The number of hydrogen-bond donors (Lipinski definition) is 0. The first-order chi connectivity index (χ1) is 11.6. The van der Waals surface area contributed by atoms with Crippen LogP contribution < -0.4 is 4.74 Å². The molecule has 1 aliphatic heterocycles. The summed E-state index contributed by atoms with van der Waals surface area (Å²) < 4.78 is 11.0. The molecule has 0 bridgehead atoms. The first kappa shape index (κ1) is 16.9. The highest BCUT2D eigenvalue weighted by molar-refractivity contribution is 5.53. The van der Waals surface area contributed by atoms with Crippen molar-refractivity contribution < 1.29 is 9.15 Å². The fourth-order valence-electron chi connectivity index (χ4n) is 3.01. The maximum absolute atomic E-state index is 5.82. The molecule has 0 amide bonds. The SMILES string of the molecule is COc1ccc(-c2nnc(CN3CCN(CC(C)C)CC3)o2)cc1. The summed E-state index contributed by atoms with van der Waals surface area (Å²) in [5.41, 5.74) is 0.913. The molecule has 130 valence electrons. The van der Waals surface area contributed by atoms with Gasteiger partial charge in [-0.05, 0) is 30.2 Å². The van der Waals surface area contributed by atoms with Crippen LogP contribution in [0.2, 0.25) is 0 Å². The molecule has 0 aliphatic carbocycles. The van der Waals surface area contributed by atoms with Crippen molar-refractivity contribution in [3.63, 3.8) is 0 Å². The lowest BCUT2D eigenvalue weighted by molar-refractivity contribution is 0.110. The molecule has 1 saturated heterocycles. The minimum absolute atomic E-state index is 0.561. The number of aromatic nitrogens is 2. The summed E-state index contributed by atoms with van der Waals surface area (Å²) in [5.74, 6) is 2.78. The van der Waals surface area contributed by atoms with Gasteiger partial charge in [-0.15, -0.1) is 10.2 Å². The van der Waals surface area contributed by atoms with Gasteiger partial charge in [-0.3, -0.25) is 4.90 Å². The molecule has 1 aliphatic rings. The molecule has 0 N–H and O–H groups in total. The van der Waals surface area contributed by atoms with Gasteiger partial charge in [0.1, 0.15) is 5.75 Å². The van der Waals surface area contributed by atoms with E-state index in [1.807, 2.05) is 24.3 Å². The van der Waals surface area contributed by atoms with Crippen LogP contribution in [-0.4, -0.2) is 59.8 Å². The molecule has 0 atom stereocenters. The van der Waals surface area contributed by atoms with E-state index in [9.17, 15) is 0 Å². The molecule has 24 heavy (non-hydrogen) atoms. The van der Waals surface area contributed by atoms with Gasteiger partial charge in [-0.1, -0.05) is 13.8 Å². The average molecular weight is 330 g/mol. The number of rotatable bonds is 6. The van der Waals surface area contributed by atoms with Crippen LogP contribution in [0.4, 0.5) is 0 Å². The van der Waals surface area contributed by atoms with Crippen LogP contribution in [0.25, 0.3) is 11.5 Å². The van der Waals surface area contributed by atoms with E-state index < -0.39 is 0 Å². The lowest BCUT2D eigenvalue weighted by Gasteiger charge is -2.34. The summed E-state index contributed by atoms with van der Waals surface area (Å²) in [7, 11) is 1.65. The van der Waals surface area contributed by atoms with Crippen LogP contribution in [0, 0.1) is 5.92 Å². The largest absolute Gasteiger partial charge is 0.497 e. The van der Waals surface area contributed by atoms with Crippen molar-refractivity contribution >= 4 is 0 Å². The van der Waals surface area contributed by atoms with Gasteiger partial charge >= 0.3 is 0 Å². The lowest BCUT2D eigenvalue weighted by atomic mass is 10.2. The van der Waals surface area contributed by atoms with Crippen LogP contribution in [0.15, 0.2) is 28.7 Å². The van der Waals surface area contributed by atoms with Crippen LogP contribution in [0.3, 0.4) is 0 Å². The van der Waals surface area contributed by atoms with E-state index in [0.29, 0.717) is 11.8 Å². The molecule has 0 radical (unpaired) electrons. The third kappa shape index (κ3) is 4.33. The number of hydrogen-bond acceptors (Lipinski definition) is 6. The zero-order valence-electron chi connectivity index (χ0n) is 14.7. The number of ether oxygens (including phenoxy) is 1. The molecular formula is C18H26N4O2. The molecule has 0 saturated carbocycles. The first-order valence-corrected chi connectivity index (χ1v) is 8.55. The molecule has 6 heteroatoms. The molecule has 1 aromatic carbocycles. The summed E-state index contributed by atoms with van der Waals surface area (Å²) in [6.07, 6.45) is 0. The van der Waals surface area contributed by atoms with E-state index in [2.05, 4.69) is 33.8 Å². The molecular weight excluding hydrogens is 304 g/mol. The number of benzene rings is 1. The monoisotopic (exact) mass is 330 g/mol. The minimum atomic E-state index is 0.561. The van der Waals surface area contributed by atoms with Crippen molar-refractivity contribution in [2.45, 2.75) is 20.4 Å². The van der Waals surface area contributed by atoms with Gasteiger partial charge in [0.25, 0.3) is 0 Å². The second kappa shape index (κ2) is 7.77. The minimum Gasteiger partial charge on any atom is -0.497 e. The predicted molar refractivity (Wildman–Crippen MR) is 92.8 cm³/mol. The molecule has 6 nitrogen and oxygen atoms in total. The summed E-state index contributed by atoms with van der Waals surface area (Å²) in [6, 6.07) is 7.65. The van der Waals surface area contributed by atoms with E-state index in [0.717, 1.165) is 50.0 Å². The Morgan fingerprint density at radius 3 is 2.33 bits per heavy atom. The fourth-order valence-corrected chi connectivity index (χ4v) is 3.01. The molecule has 1 fully saturated rings. The van der Waals surface area contributed by atoms with Crippen molar-refractivity contribution in [3.05, 3.63) is 30.2 Å². The Hall–Kier alpha value is -1.92. The van der Waals surface area contributed by atoms with E-state index in [4.69, 9.17) is 9.15 Å². The van der Waals surface area contributed by atoms with Gasteiger partial charge in [0.2, 0.25) is 11.8 Å². The summed E-state index contributed by atoms with van der Waals surface area (Å²) in [4.78, 5) is 4.90. The second-order valence-electron chi connectivity index (χ2n) is 6.70. The Bertz CT molecular complexity index is 631. The van der Waals surface area contributed by atoms with Crippen molar-refractivity contribution in [2.75, 3.05) is 39.8 Å². The average Bonchev–Trinajstić information content (AvgIpc) is 3.05. The summed E-state index contributed by atoms with van der Waals surface area (Å²) >= 11 is 0. The van der Waals surface area contributed by atoms with Gasteiger partial charge in [0.15, 0.2) is 0 Å². The van der Waals surface area contributed by atoms with Crippen molar-refractivity contribution in [2.24, 2.45) is 5.92 Å². The number of piperazine rings is 1.